The summed E-state index contributed by atoms with van der Waals surface area (Å²) in [6.07, 6.45) is 0. The van der Waals surface area contributed by atoms with Gasteiger partial charge in [-0.2, -0.15) is 0 Å². The molecule has 0 bridgehead atoms. The zero-order chi connectivity index (χ0) is 15.2. The van der Waals surface area contributed by atoms with E-state index in [0.29, 0.717) is 11.3 Å². The fraction of sp³-hybridized carbons (Fsp3) is 0.235. The molecule has 0 atom stereocenters. The number of carbonyl (C=O) groups is 1. The smallest absolute Gasteiger partial charge is 0.258 e. The molecule has 0 saturated carbocycles. The molecule has 3 nitrogen and oxygen atoms in total. The average molecular weight is 287 g/mol. The van der Waals surface area contributed by atoms with Gasteiger partial charge in [-0.15, -0.1) is 0 Å². The molecule has 0 heterocycles. The highest BCUT2D eigenvalue weighted by Crippen LogP contribution is 2.12. The van der Waals surface area contributed by atoms with E-state index in [4.69, 9.17) is 4.74 Å². The van der Waals surface area contributed by atoms with Crippen molar-refractivity contribution in [3.8, 4) is 5.75 Å². The summed E-state index contributed by atoms with van der Waals surface area (Å²) >= 11 is 0. The molecule has 4 heteroatoms. The predicted molar refractivity (Wildman–Crippen MR) is 79.7 cm³/mol. The lowest BCUT2D eigenvalue weighted by Gasteiger charge is -2.08. The average Bonchev–Trinajstić information content (AvgIpc) is 2.46. The Morgan fingerprint density at radius 3 is 2.71 bits per heavy atom. The Morgan fingerprint density at radius 1 is 1.19 bits per heavy atom. The maximum absolute atomic E-state index is 13.4. The Labute approximate surface area is 123 Å². The molecule has 0 unspecified atom stereocenters. The molecule has 0 saturated heterocycles. The fourth-order valence-corrected chi connectivity index (χ4v) is 1.85. The molecule has 21 heavy (non-hydrogen) atoms. The van der Waals surface area contributed by atoms with Crippen LogP contribution in [-0.4, -0.2) is 12.5 Å². The standard InChI is InChI=1S/C17H18FNO2/c1-12-4-3-5-15(8-12)21-11-17(20)19-10-14-7-6-13(2)16(18)9-14/h3-9H,10-11H2,1-2H3,(H,19,20). The first-order valence-corrected chi connectivity index (χ1v) is 6.76. The third-order valence-corrected chi connectivity index (χ3v) is 3.09. The van der Waals surface area contributed by atoms with Crippen LogP contribution in [0.5, 0.6) is 5.75 Å². The minimum atomic E-state index is -0.266. The number of hydrogen-bond donors (Lipinski definition) is 1. The molecule has 0 aliphatic heterocycles. The van der Waals surface area contributed by atoms with Crippen molar-refractivity contribution < 1.29 is 13.9 Å². The summed E-state index contributed by atoms with van der Waals surface area (Å²) in [5.41, 5.74) is 2.39. The van der Waals surface area contributed by atoms with Crippen molar-refractivity contribution in [3.05, 3.63) is 65.0 Å². The number of ether oxygens (including phenoxy) is 1. The van der Waals surface area contributed by atoms with E-state index in [-0.39, 0.29) is 24.9 Å². The minimum absolute atomic E-state index is 0.0577. The molecule has 2 aromatic carbocycles. The number of halogens is 1. The van der Waals surface area contributed by atoms with Crippen LogP contribution in [0.1, 0.15) is 16.7 Å². The van der Waals surface area contributed by atoms with Crippen LogP contribution in [0.4, 0.5) is 4.39 Å². The van der Waals surface area contributed by atoms with Crippen molar-refractivity contribution in [1.82, 2.24) is 5.32 Å². The predicted octanol–water partition coefficient (Wildman–Crippen LogP) is 3.14. The number of carbonyl (C=O) groups excluding carboxylic acids is 1. The zero-order valence-corrected chi connectivity index (χ0v) is 12.2. The lowest BCUT2D eigenvalue weighted by Crippen LogP contribution is -2.28. The van der Waals surface area contributed by atoms with Gasteiger partial charge >= 0.3 is 0 Å². The van der Waals surface area contributed by atoms with Crippen molar-refractivity contribution >= 4 is 5.91 Å². The molecule has 2 aromatic rings. The highest BCUT2D eigenvalue weighted by molar-refractivity contribution is 5.77. The second-order valence-electron chi connectivity index (χ2n) is 4.97. The molecule has 1 N–H and O–H groups in total. The minimum Gasteiger partial charge on any atom is -0.484 e. The van der Waals surface area contributed by atoms with Gasteiger partial charge in [0.1, 0.15) is 11.6 Å². The van der Waals surface area contributed by atoms with Gasteiger partial charge in [-0.25, -0.2) is 4.39 Å². The molecule has 0 fully saturated rings. The summed E-state index contributed by atoms with van der Waals surface area (Å²) in [5, 5.41) is 2.70. The molecule has 1 amide bonds. The van der Waals surface area contributed by atoms with E-state index in [2.05, 4.69) is 5.32 Å². The zero-order valence-electron chi connectivity index (χ0n) is 12.2. The normalized spacial score (nSPS) is 10.2. The first kappa shape index (κ1) is 15.0. The molecule has 0 aliphatic rings. The first-order chi connectivity index (χ1) is 10.0. The van der Waals surface area contributed by atoms with Crippen LogP contribution >= 0.6 is 0 Å². The van der Waals surface area contributed by atoms with Crippen molar-refractivity contribution in [3.63, 3.8) is 0 Å². The van der Waals surface area contributed by atoms with E-state index < -0.39 is 0 Å². The number of amides is 1. The van der Waals surface area contributed by atoms with Crippen LogP contribution in [-0.2, 0) is 11.3 Å². The number of rotatable bonds is 5. The van der Waals surface area contributed by atoms with Crippen LogP contribution in [0, 0.1) is 19.7 Å². The van der Waals surface area contributed by atoms with Gasteiger partial charge in [0, 0.05) is 6.54 Å². The molecule has 0 aromatic heterocycles. The molecule has 110 valence electrons. The molecule has 2 rings (SSSR count). The van der Waals surface area contributed by atoms with Crippen molar-refractivity contribution in [1.29, 1.82) is 0 Å². The van der Waals surface area contributed by atoms with Gasteiger partial charge in [0.05, 0.1) is 0 Å². The van der Waals surface area contributed by atoms with Gasteiger partial charge in [0.2, 0.25) is 0 Å². The van der Waals surface area contributed by atoms with Gasteiger partial charge in [-0.3, -0.25) is 4.79 Å². The van der Waals surface area contributed by atoms with E-state index in [0.717, 1.165) is 11.1 Å². The lowest BCUT2D eigenvalue weighted by molar-refractivity contribution is -0.123. The summed E-state index contributed by atoms with van der Waals surface area (Å²) in [5.74, 6) is 0.154. The third-order valence-electron chi connectivity index (χ3n) is 3.09. The summed E-state index contributed by atoms with van der Waals surface area (Å²) in [6.45, 7) is 3.89. The monoisotopic (exact) mass is 287 g/mol. The second kappa shape index (κ2) is 6.88. The maximum Gasteiger partial charge on any atom is 0.258 e. The molecular weight excluding hydrogens is 269 g/mol. The van der Waals surface area contributed by atoms with E-state index >= 15 is 0 Å². The van der Waals surface area contributed by atoms with Crippen LogP contribution < -0.4 is 10.1 Å². The van der Waals surface area contributed by atoms with Crippen molar-refractivity contribution in [2.75, 3.05) is 6.61 Å². The summed E-state index contributed by atoms with van der Waals surface area (Å²) in [4.78, 5) is 11.7. The Balaban J connectivity index is 1.80. The van der Waals surface area contributed by atoms with Crippen molar-refractivity contribution in [2.24, 2.45) is 0 Å². The summed E-state index contributed by atoms with van der Waals surface area (Å²) in [7, 11) is 0. The number of aryl methyl sites for hydroxylation is 2. The van der Waals surface area contributed by atoms with E-state index in [1.807, 2.05) is 25.1 Å². The van der Waals surface area contributed by atoms with E-state index in [1.54, 1.807) is 25.1 Å². The molecule has 0 spiro atoms. The molecule has 0 aliphatic carbocycles. The Morgan fingerprint density at radius 2 is 2.00 bits per heavy atom. The SMILES string of the molecule is Cc1cccc(OCC(=O)NCc2ccc(C)c(F)c2)c1. The number of benzene rings is 2. The Hall–Kier alpha value is -2.36. The topological polar surface area (TPSA) is 38.3 Å². The summed E-state index contributed by atoms with van der Waals surface area (Å²) < 4.78 is 18.8. The van der Waals surface area contributed by atoms with E-state index in [1.165, 1.54) is 6.07 Å². The molecular formula is C17H18FNO2. The number of hydrogen-bond acceptors (Lipinski definition) is 2. The largest absolute Gasteiger partial charge is 0.484 e. The third kappa shape index (κ3) is 4.60. The van der Waals surface area contributed by atoms with Crippen molar-refractivity contribution in [2.45, 2.75) is 20.4 Å². The fourth-order valence-electron chi connectivity index (χ4n) is 1.85. The maximum atomic E-state index is 13.4. The van der Waals surface area contributed by atoms with Gasteiger partial charge in [0.25, 0.3) is 5.91 Å². The Bertz CT molecular complexity index is 640. The van der Waals surface area contributed by atoms with Gasteiger partial charge in [0.15, 0.2) is 6.61 Å². The van der Waals surface area contributed by atoms with Crippen LogP contribution in [0.3, 0.4) is 0 Å². The quantitative estimate of drug-likeness (QED) is 0.917. The van der Waals surface area contributed by atoms with Gasteiger partial charge in [-0.1, -0.05) is 24.3 Å². The van der Waals surface area contributed by atoms with E-state index in [9.17, 15) is 9.18 Å². The van der Waals surface area contributed by atoms with Crippen LogP contribution in [0.15, 0.2) is 42.5 Å². The highest BCUT2D eigenvalue weighted by atomic mass is 19.1. The van der Waals surface area contributed by atoms with Crippen LogP contribution in [0.2, 0.25) is 0 Å². The first-order valence-electron chi connectivity index (χ1n) is 6.76. The highest BCUT2D eigenvalue weighted by Gasteiger charge is 2.04. The Kier molecular flexibility index (Phi) is 4.93. The molecule has 0 radical (unpaired) electrons. The van der Waals surface area contributed by atoms with Crippen LogP contribution in [0.25, 0.3) is 0 Å². The lowest BCUT2D eigenvalue weighted by atomic mass is 10.1. The summed E-state index contributed by atoms with van der Waals surface area (Å²) in [6, 6.07) is 12.4. The second-order valence-corrected chi connectivity index (χ2v) is 4.97. The van der Waals surface area contributed by atoms with Gasteiger partial charge in [-0.05, 0) is 48.7 Å². The number of nitrogens with one attached hydrogen (secondary N) is 1. The van der Waals surface area contributed by atoms with Gasteiger partial charge < -0.3 is 10.1 Å².